The van der Waals surface area contributed by atoms with Crippen LogP contribution in [-0.2, 0) is 6.54 Å². The number of para-hydroxylation sites is 1. The lowest BCUT2D eigenvalue weighted by Crippen LogP contribution is -2.42. The molecular weight excluding hydrogens is 535 g/mol. The summed E-state index contributed by atoms with van der Waals surface area (Å²) in [5.74, 6) is 1.50. The van der Waals surface area contributed by atoms with Crippen molar-refractivity contribution in [1.29, 1.82) is 0 Å². The highest BCUT2D eigenvalue weighted by Crippen LogP contribution is 2.18. The van der Waals surface area contributed by atoms with Crippen LogP contribution < -0.4 is 15.4 Å². The summed E-state index contributed by atoms with van der Waals surface area (Å²) >= 11 is 3.36. The molecule has 0 bridgehead atoms. The number of methoxy groups -OCH3 is 1. The van der Waals surface area contributed by atoms with Gasteiger partial charge in [0.1, 0.15) is 5.75 Å². The van der Waals surface area contributed by atoms with Crippen molar-refractivity contribution in [1.82, 2.24) is 15.5 Å². The Morgan fingerprint density at radius 2 is 1.75 bits per heavy atom. The highest BCUT2D eigenvalue weighted by Gasteiger charge is 2.10. The number of halogens is 2. The molecule has 8 heteroatoms. The van der Waals surface area contributed by atoms with Crippen LogP contribution in [0.3, 0.4) is 0 Å². The van der Waals surface area contributed by atoms with Gasteiger partial charge in [-0.25, -0.2) is 0 Å². The molecule has 0 aliphatic heterocycles. The first-order valence-corrected chi connectivity index (χ1v) is 9.42. The highest BCUT2D eigenvalue weighted by atomic mass is 127. The molecule has 0 aliphatic rings. The molecule has 0 saturated heterocycles. The lowest BCUT2D eigenvalue weighted by molar-refractivity contribution is 0.0954. The van der Waals surface area contributed by atoms with E-state index in [9.17, 15) is 4.79 Å². The van der Waals surface area contributed by atoms with Gasteiger partial charge in [0.25, 0.3) is 5.91 Å². The van der Waals surface area contributed by atoms with Crippen molar-refractivity contribution in [3.05, 3.63) is 64.1 Å². The van der Waals surface area contributed by atoms with Crippen molar-refractivity contribution >= 4 is 51.8 Å². The molecule has 2 N–H and O–H groups in total. The molecule has 1 amide bonds. The van der Waals surface area contributed by atoms with Crippen molar-refractivity contribution < 1.29 is 9.53 Å². The van der Waals surface area contributed by atoms with Crippen molar-refractivity contribution in [3.63, 3.8) is 0 Å². The molecule has 2 rings (SSSR count). The number of hydrogen-bond acceptors (Lipinski definition) is 3. The van der Waals surface area contributed by atoms with Crippen LogP contribution in [0.1, 0.15) is 15.9 Å². The first-order chi connectivity index (χ1) is 13.0. The van der Waals surface area contributed by atoms with Gasteiger partial charge in [-0.1, -0.05) is 34.1 Å². The number of nitrogens with zero attached hydrogens (tertiary/aromatic N) is 2. The SMILES string of the molecule is CN=C(NCCNC(=O)c1ccc(Br)cc1)N(C)Cc1ccccc1OC.I. The van der Waals surface area contributed by atoms with Crippen LogP contribution in [0.4, 0.5) is 0 Å². The Hall–Kier alpha value is -1.81. The fraction of sp³-hybridized carbons (Fsp3) is 0.300. The lowest BCUT2D eigenvalue weighted by Gasteiger charge is -2.23. The molecule has 0 spiro atoms. The van der Waals surface area contributed by atoms with E-state index in [-0.39, 0.29) is 29.9 Å². The first kappa shape index (κ1) is 24.2. The standard InChI is InChI=1S/C20H25BrN4O2.HI/c1-22-20(25(2)14-16-6-4-5-7-18(16)27-3)24-13-12-23-19(26)15-8-10-17(21)11-9-15;/h4-11H,12-14H2,1-3H3,(H,22,24)(H,23,26);1H. The third-order valence-corrected chi connectivity index (χ3v) is 4.50. The van der Waals surface area contributed by atoms with E-state index in [4.69, 9.17) is 4.74 Å². The average Bonchev–Trinajstić information content (AvgIpc) is 2.68. The van der Waals surface area contributed by atoms with Crippen molar-refractivity contribution in [2.45, 2.75) is 6.54 Å². The number of amides is 1. The van der Waals surface area contributed by atoms with Gasteiger partial charge in [-0.3, -0.25) is 9.79 Å². The van der Waals surface area contributed by atoms with E-state index < -0.39 is 0 Å². The van der Waals surface area contributed by atoms with E-state index >= 15 is 0 Å². The second-order valence-electron chi connectivity index (χ2n) is 5.90. The number of carbonyl (C=O) groups is 1. The molecule has 0 saturated carbocycles. The number of benzene rings is 2. The minimum Gasteiger partial charge on any atom is -0.496 e. The van der Waals surface area contributed by atoms with Crippen LogP contribution >= 0.6 is 39.9 Å². The van der Waals surface area contributed by atoms with Crippen molar-refractivity contribution in [2.24, 2.45) is 4.99 Å². The molecule has 0 aliphatic carbocycles. The van der Waals surface area contributed by atoms with E-state index in [0.717, 1.165) is 21.7 Å². The predicted molar refractivity (Wildman–Crippen MR) is 128 cm³/mol. The van der Waals surface area contributed by atoms with Crippen molar-refractivity contribution in [3.8, 4) is 5.75 Å². The third-order valence-electron chi connectivity index (χ3n) is 3.97. The number of hydrogen-bond donors (Lipinski definition) is 2. The molecule has 2 aromatic rings. The Bertz CT molecular complexity index is 784. The molecule has 0 atom stereocenters. The summed E-state index contributed by atoms with van der Waals surface area (Å²) in [6.45, 7) is 1.73. The molecule has 2 aromatic carbocycles. The van der Waals surface area contributed by atoms with Gasteiger partial charge in [0.05, 0.1) is 7.11 Å². The summed E-state index contributed by atoms with van der Waals surface area (Å²) < 4.78 is 6.34. The van der Waals surface area contributed by atoms with Gasteiger partial charge >= 0.3 is 0 Å². The summed E-state index contributed by atoms with van der Waals surface area (Å²) in [7, 11) is 5.36. The molecular formula is C20H26BrIN4O2. The topological polar surface area (TPSA) is 66.0 Å². The van der Waals surface area contributed by atoms with Gasteiger partial charge in [-0.15, -0.1) is 24.0 Å². The fourth-order valence-electron chi connectivity index (χ4n) is 2.60. The largest absolute Gasteiger partial charge is 0.496 e. The van der Waals surface area contributed by atoms with Crippen LogP contribution in [0.25, 0.3) is 0 Å². The highest BCUT2D eigenvalue weighted by molar-refractivity contribution is 14.0. The van der Waals surface area contributed by atoms with Gasteiger partial charge in [-0.05, 0) is 30.3 Å². The number of rotatable bonds is 7. The normalized spacial score (nSPS) is 10.6. The van der Waals surface area contributed by atoms with E-state index in [0.29, 0.717) is 25.2 Å². The average molecular weight is 561 g/mol. The number of carbonyl (C=O) groups excluding carboxylic acids is 1. The van der Waals surface area contributed by atoms with E-state index in [1.165, 1.54) is 0 Å². The molecule has 6 nitrogen and oxygen atoms in total. The van der Waals surface area contributed by atoms with Crippen molar-refractivity contribution in [2.75, 3.05) is 34.3 Å². The zero-order chi connectivity index (χ0) is 19.6. The van der Waals surface area contributed by atoms with E-state index in [2.05, 4.69) is 31.6 Å². The van der Waals surface area contributed by atoms with E-state index in [1.807, 2.05) is 48.3 Å². The Balaban J connectivity index is 0.00000392. The fourth-order valence-corrected chi connectivity index (χ4v) is 2.87. The number of ether oxygens (including phenoxy) is 1. The minimum atomic E-state index is -0.0957. The summed E-state index contributed by atoms with van der Waals surface area (Å²) in [6, 6.07) is 15.2. The molecule has 152 valence electrons. The zero-order valence-electron chi connectivity index (χ0n) is 16.2. The van der Waals surface area contributed by atoms with Crippen LogP contribution in [-0.4, -0.2) is 51.1 Å². The maximum Gasteiger partial charge on any atom is 0.251 e. The third kappa shape index (κ3) is 7.31. The Labute approximate surface area is 191 Å². The molecule has 0 aromatic heterocycles. The van der Waals surface area contributed by atoms with Gasteiger partial charge < -0.3 is 20.3 Å². The van der Waals surface area contributed by atoms with Gasteiger partial charge in [-0.2, -0.15) is 0 Å². The number of aliphatic imine (C=N–C) groups is 1. The smallest absolute Gasteiger partial charge is 0.251 e. The second-order valence-corrected chi connectivity index (χ2v) is 6.82. The predicted octanol–water partition coefficient (Wildman–Crippen LogP) is 3.51. The summed E-state index contributed by atoms with van der Waals surface area (Å²) in [6.07, 6.45) is 0. The Kier molecular flexibility index (Phi) is 10.9. The van der Waals surface area contributed by atoms with Gasteiger partial charge in [0, 0.05) is 49.3 Å². The van der Waals surface area contributed by atoms with E-state index in [1.54, 1.807) is 26.3 Å². The molecule has 28 heavy (non-hydrogen) atoms. The number of nitrogens with one attached hydrogen (secondary N) is 2. The van der Waals surface area contributed by atoms with Crippen LogP contribution in [0, 0.1) is 0 Å². The minimum absolute atomic E-state index is 0. The quantitative estimate of drug-likeness (QED) is 0.235. The first-order valence-electron chi connectivity index (χ1n) is 8.62. The maximum atomic E-state index is 12.1. The Morgan fingerprint density at radius 1 is 1.11 bits per heavy atom. The summed E-state index contributed by atoms with van der Waals surface area (Å²) in [4.78, 5) is 18.4. The van der Waals surface area contributed by atoms with Gasteiger partial charge in [0.2, 0.25) is 0 Å². The van der Waals surface area contributed by atoms with Crippen LogP contribution in [0.15, 0.2) is 58.0 Å². The monoisotopic (exact) mass is 560 g/mol. The molecule has 0 fully saturated rings. The number of guanidine groups is 1. The second kappa shape index (κ2) is 12.6. The molecule has 0 radical (unpaired) electrons. The summed E-state index contributed by atoms with van der Waals surface area (Å²) in [5.41, 5.74) is 1.71. The molecule has 0 heterocycles. The summed E-state index contributed by atoms with van der Waals surface area (Å²) in [5, 5.41) is 6.15. The molecule has 0 unspecified atom stereocenters. The van der Waals surface area contributed by atoms with Crippen LogP contribution in [0.5, 0.6) is 5.75 Å². The van der Waals surface area contributed by atoms with Crippen LogP contribution in [0.2, 0.25) is 0 Å². The van der Waals surface area contributed by atoms with Gasteiger partial charge in [0.15, 0.2) is 5.96 Å². The lowest BCUT2D eigenvalue weighted by atomic mass is 10.2. The zero-order valence-corrected chi connectivity index (χ0v) is 20.2. The Morgan fingerprint density at radius 3 is 2.39 bits per heavy atom. The maximum absolute atomic E-state index is 12.1.